The Labute approximate surface area is 131 Å². The average Bonchev–Trinajstić information content (AvgIpc) is 2.73. The van der Waals surface area contributed by atoms with E-state index in [1.165, 1.54) is 30.3 Å². The molecule has 0 aliphatic heterocycles. The van der Waals surface area contributed by atoms with Crippen LogP contribution in [0.2, 0.25) is 0 Å². The lowest BCUT2D eigenvalue weighted by atomic mass is 9.75. The lowest BCUT2D eigenvalue weighted by Gasteiger charge is -2.47. The molecule has 2 aromatic rings. The predicted octanol–water partition coefficient (Wildman–Crippen LogP) is 3.61. The monoisotopic (exact) mass is 305 g/mol. The van der Waals surface area contributed by atoms with Gasteiger partial charge in [-0.2, -0.15) is 0 Å². The number of alkyl halides is 1. The fourth-order valence-corrected chi connectivity index (χ4v) is 3.58. The molecular weight excluding hydrogens is 282 g/mol. The molecule has 0 N–H and O–H groups in total. The van der Waals surface area contributed by atoms with Crippen LogP contribution >= 0.6 is 11.6 Å². The van der Waals surface area contributed by atoms with Crippen molar-refractivity contribution >= 4 is 22.6 Å². The summed E-state index contributed by atoms with van der Waals surface area (Å²) in [7, 11) is 4.40. The van der Waals surface area contributed by atoms with Crippen LogP contribution in [-0.2, 0) is 13.0 Å². The third-order valence-electron chi connectivity index (χ3n) is 5.06. The zero-order valence-electron chi connectivity index (χ0n) is 13.2. The van der Waals surface area contributed by atoms with E-state index in [1.807, 2.05) is 0 Å². The molecule has 0 bridgehead atoms. The van der Waals surface area contributed by atoms with E-state index in [0.717, 1.165) is 24.3 Å². The minimum Gasteiger partial charge on any atom is -0.326 e. The van der Waals surface area contributed by atoms with E-state index < -0.39 is 0 Å². The van der Waals surface area contributed by atoms with Gasteiger partial charge in [-0.1, -0.05) is 12.1 Å². The molecule has 21 heavy (non-hydrogen) atoms. The highest BCUT2D eigenvalue weighted by atomic mass is 35.5. The van der Waals surface area contributed by atoms with Crippen molar-refractivity contribution in [3.05, 3.63) is 29.6 Å². The number of aromatic nitrogens is 2. The molecule has 0 radical (unpaired) electrons. The summed E-state index contributed by atoms with van der Waals surface area (Å²) in [6.45, 7) is 3.15. The fourth-order valence-electron chi connectivity index (χ4n) is 3.41. The third-order valence-corrected chi connectivity index (χ3v) is 5.25. The third kappa shape index (κ3) is 2.47. The molecule has 0 spiro atoms. The number of hydrogen-bond donors (Lipinski definition) is 0. The number of benzene rings is 1. The fraction of sp³-hybridized carbons (Fsp3) is 0.588. The molecule has 4 heteroatoms. The number of para-hydroxylation sites is 1. The first-order chi connectivity index (χ1) is 10.1. The second-order valence-corrected chi connectivity index (χ2v) is 6.85. The van der Waals surface area contributed by atoms with Crippen molar-refractivity contribution in [2.45, 2.75) is 44.7 Å². The number of aryl methyl sites for hydroxylation is 2. The summed E-state index contributed by atoms with van der Waals surface area (Å²) in [4.78, 5) is 7.26. The van der Waals surface area contributed by atoms with Gasteiger partial charge < -0.3 is 9.47 Å². The van der Waals surface area contributed by atoms with Gasteiger partial charge >= 0.3 is 0 Å². The van der Waals surface area contributed by atoms with E-state index in [-0.39, 0.29) is 0 Å². The molecule has 0 unspecified atom stereocenters. The zero-order valence-corrected chi connectivity index (χ0v) is 14.0. The van der Waals surface area contributed by atoms with Gasteiger partial charge in [0.2, 0.25) is 0 Å². The molecule has 0 atom stereocenters. The normalized spacial score (nSPS) is 17.4. The first kappa shape index (κ1) is 14.9. The van der Waals surface area contributed by atoms with E-state index in [2.05, 4.69) is 48.7 Å². The van der Waals surface area contributed by atoms with Crippen LogP contribution in [0.15, 0.2) is 18.2 Å². The quantitative estimate of drug-likeness (QED) is 0.787. The SMILES string of the molecule is Cc1cccc2c1nc(CCCl)n2CC1(N(C)C)CCC1. The van der Waals surface area contributed by atoms with Crippen LogP contribution in [-0.4, -0.2) is 40.0 Å². The Morgan fingerprint density at radius 1 is 1.33 bits per heavy atom. The molecule has 0 amide bonds. The number of rotatable bonds is 5. The van der Waals surface area contributed by atoms with Crippen molar-refractivity contribution in [1.82, 2.24) is 14.5 Å². The summed E-state index contributed by atoms with van der Waals surface area (Å²) in [6.07, 6.45) is 4.70. The molecule has 1 heterocycles. The van der Waals surface area contributed by atoms with E-state index in [1.54, 1.807) is 0 Å². The highest BCUT2D eigenvalue weighted by Crippen LogP contribution is 2.38. The van der Waals surface area contributed by atoms with Crippen molar-refractivity contribution in [1.29, 1.82) is 0 Å². The number of hydrogen-bond acceptors (Lipinski definition) is 2. The minimum absolute atomic E-state index is 0.290. The molecule has 1 fully saturated rings. The van der Waals surface area contributed by atoms with Gasteiger partial charge in [0.1, 0.15) is 5.82 Å². The number of likely N-dealkylation sites (N-methyl/N-ethyl adjacent to an activating group) is 1. The summed E-state index contributed by atoms with van der Waals surface area (Å²) in [5.74, 6) is 1.75. The molecule has 1 saturated carbocycles. The van der Waals surface area contributed by atoms with Crippen LogP contribution in [0.1, 0.15) is 30.7 Å². The van der Waals surface area contributed by atoms with Crippen LogP contribution < -0.4 is 0 Å². The maximum atomic E-state index is 5.99. The van der Waals surface area contributed by atoms with Gasteiger partial charge in [-0.25, -0.2) is 4.98 Å². The highest BCUT2D eigenvalue weighted by Gasteiger charge is 2.40. The van der Waals surface area contributed by atoms with Gasteiger partial charge in [0.25, 0.3) is 0 Å². The zero-order chi connectivity index (χ0) is 15.0. The molecule has 1 aromatic carbocycles. The van der Waals surface area contributed by atoms with Gasteiger partial charge in [0, 0.05) is 24.4 Å². The van der Waals surface area contributed by atoms with Crippen molar-refractivity contribution < 1.29 is 0 Å². The molecule has 1 aliphatic carbocycles. The van der Waals surface area contributed by atoms with Gasteiger partial charge in [-0.05, 0) is 51.9 Å². The number of fused-ring (bicyclic) bond motifs is 1. The van der Waals surface area contributed by atoms with E-state index in [9.17, 15) is 0 Å². The molecule has 114 valence electrons. The summed E-state index contributed by atoms with van der Waals surface area (Å²) in [6, 6.07) is 6.45. The summed E-state index contributed by atoms with van der Waals surface area (Å²) < 4.78 is 2.41. The number of nitrogens with zero attached hydrogens (tertiary/aromatic N) is 3. The predicted molar refractivity (Wildman–Crippen MR) is 89.2 cm³/mol. The van der Waals surface area contributed by atoms with Crippen molar-refractivity contribution in [3.63, 3.8) is 0 Å². The molecule has 1 aromatic heterocycles. The van der Waals surface area contributed by atoms with Crippen LogP contribution in [0.25, 0.3) is 11.0 Å². The van der Waals surface area contributed by atoms with Crippen LogP contribution in [0.3, 0.4) is 0 Å². The Bertz CT molecular complexity index is 641. The summed E-state index contributed by atoms with van der Waals surface area (Å²) >= 11 is 5.99. The summed E-state index contributed by atoms with van der Waals surface area (Å²) in [5.41, 5.74) is 3.92. The van der Waals surface area contributed by atoms with E-state index in [4.69, 9.17) is 16.6 Å². The first-order valence-electron chi connectivity index (χ1n) is 7.75. The van der Waals surface area contributed by atoms with Gasteiger partial charge in [0.15, 0.2) is 0 Å². The lowest BCUT2D eigenvalue weighted by Crippen LogP contribution is -2.53. The topological polar surface area (TPSA) is 21.1 Å². The summed E-state index contributed by atoms with van der Waals surface area (Å²) in [5, 5.41) is 0. The molecular formula is C17H24ClN3. The Morgan fingerprint density at radius 3 is 2.67 bits per heavy atom. The first-order valence-corrected chi connectivity index (χ1v) is 8.29. The van der Waals surface area contributed by atoms with E-state index >= 15 is 0 Å². The second kappa shape index (κ2) is 5.62. The highest BCUT2D eigenvalue weighted by molar-refractivity contribution is 6.17. The smallest absolute Gasteiger partial charge is 0.111 e. The van der Waals surface area contributed by atoms with Crippen LogP contribution in [0.5, 0.6) is 0 Å². The van der Waals surface area contributed by atoms with E-state index in [0.29, 0.717) is 11.4 Å². The van der Waals surface area contributed by atoms with Crippen molar-refractivity contribution in [2.24, 2.45) is 0 Å². The van der Waals surface area contributed by atoms with Gasteiger partial charge in [-0.15, -0.1) is 11.6 Å². The molecule has 0 saturated heterocycles. The van der Waals surface area contributed by atoms with Gasteiger partial charge in [0.05, 0.1) is 11.0 Å². The number of imidazole rings is 1. The molecule has 1 aliphatic rings. The van der Waals surface area contributed by atoms with Crippen molar-refractivity contribution in [2.75, 3.05) is 20.0 Å². The molecule has 3 nitrogen and oxygen atoms in total. The van der Waals surface area contributed by atoms with Crippen LogP contribution in [0, 0.1) is 6.92 Å². The minimum atomic E-state index is 0.290. The van der Waals surface area contributed by atoms with Crippen LogP contribution in [0.4, 0.5) is 0 Å². The standard InChI is InChI=1S/C17H24ClN3/c1-13-6-4-7-14-16(13)19-15(8-11-18)21(14)12-17(20(2)3)9-5-10-17/h4,6-7H,5,8-12H2,1-3H3. The van der Waals surface area contributed by atoms with Gasteiger partial charge in [-0.3, -0.25) is 0 Å². The Balaban J connectivity index is 2.07. The largest absolute Gasteiger partial charge is 0.326 e. The average molecular weight is 306 g/mol. The Morgan fingerprint density at radius 2 is 2.10 bits per heavy atom. The lowest BCUT2D eigenvalue weighted by molar-refractivity contribution is 0.0428. The second-order valence-electron chi connectivity index (χ2n) is 6.47. The molecule has 3 rings (SSSR count). The number of halogens is 1. The van der Waals surface area contributed by atoms with Crippen molar-refractivity contribution in [3.8, 4) is 0 Å². The maximum absolute atomic E-state index is 5.99. The maximum Gasteiger partial charge on any atom is 0.111 e. The Hall–Kier alpha value is -1.06. The Kier molecular flexibility index (Phi) is 3.98.